The zero-order valence-electron chi connectivity index (χ0n) is 9.60. The van der Waals surface area contributed by atoms with Crippen LogP contribution in [0, 0.1) is 5.92 Å². The fourth-order valence-electron chi connectivity index (χ4n) is 2.62. The Labute approximate surface area is 96.9 Å². The molecule has 1 aromatic carbocycles. The standard InChI is InChI=1S/C14H20O2/c15-9-11-4-6-13(7-5-11)14-3-1-2-12(8-14)10-16/h1-3,8,11,13,15-16H,4-7,9-10H2. The molecule has 2 N–H and O–H groups in total. The summed E-state index contributed by atoms with van der Waals surface area (Å²) in [5.74, 6) is 1.13. The maximum atomic E-state index is 9.11. The smallest absolute Gasteiger partial charge is 0.0681 e. The molecule has 0 heterocycles. The molecular formula is C14H20O2. The van der Waals surface area contributed by atoms with Gasteiger partial charge in [-0.15, -0.1) is 0 Å². The van der Waals surface area contributed by atoms with Crippen molar-refractivity contribution >= 4 is 0 Å². The Hall–Kier alpha value is -0.860. The second-order valence-electron chi connectivity index (χ2n) is 4.80. The van der Waals surface area contributed by atoms with Crippen molar-refractivity contribution in [2.45, 2.75) is 38.2 Å². The van der Waals surface area contributed by atoms with E-state index in [1.807, 2.05) is 12.1 Å². The highest BCUT2D eigenvalue weighted by Crippen LogP contribution is 2.35. The number of hydrogen-bond donors (Lipinski definition) is 2. The monoisotopic (exact) mass is 220 g/mol. The van der Waals surface area contributed by atoms with E-state index in [1.165, 1.54) is 18.4 Å². The molecule has 0 unspecified atom stereocenters. The molecule has 1 saturated carbocycles. The zero-order chi connectivity index (χ0) is 11.4. The summed E-state index contributed by atoms with van der Waals surface area (Å²) < 4.78 is 0. The fraction of sp³-hybridized carbons (Fsp3) is 0.571. The van der Waals surface area contributed by atoms with Gasteiger partial charge in [0.05, 0.1) is 6.61 Å². The van der Waals surface area contributed by atoms with Crippen molar-refractivity contribution in [1.82, 2.24) is 0 Å². The number of hydrogen-bond acceptors (Lipinski definition) is 2. The summed E-state index contributed by atoms with van der Waals surface area (Å²) in [5, 5.41) is 18.2. The minimum absolute atomic E-state index is 0.125. The van der Waals surface area contributed by atoms with Crippen LogP contribution in [0.2, 0.25) is 0 Å². The lowest BCUT2D eigenvalue weighted by atomic mass is 9.79. The van der Waals surface area contributed by atoms with Crippen LogP contribution in [-0.4, -0.2) is 16.8 Å². The summed E-state index contributed by atoms with van der Waals surface area (Å²) >= 11 is 0. The molecule has 0 spiro atoms. The summed E-state index contributed by atoms with van der Waals surface area (Å²) in [7, 11) is 0. The van der Waals surface area contributed by atoms with Crippen LogP contribution in [0.15, 0.2) is 24.3 Å². The van der Waals surface area contributed by atoms with E-state index in [4.69, 9.17) is 10.2 Å². The highest BCUT2D eigenvalue weighted by atomic mass is 16.3. The van der Waals surface area contributed by atoms with Crippen LogP contribution in [0.5, 0.6) is 0 Å². The van der Waals surface area contributed by atoms with Crippen molar-refractivity contribution < 1.29 is 10.2 Å². The zero-order valence-corrected chi connectivity index (χ0v) is 9.60. The van der Waals surface area contributed by atoms with E-state index in [-0.39, 0.29) is 6.61 Å². The van der Waals surface area contributed by atoms with E-state index in [0.29, 0.717) is 18.4 Å². The van der Waals surface area contributed by atoms with Gasteiger partial charge in [0, 0.05) is 6.61 Å². The van der Waals surface area contributed by atoms with Crippen molar-refractivity contribution in [2.24, 2.45) is 5.92 Å². The molecule has 2 nitrogen and oxygen atoms in total. The fourth-order valence-corrected chi connectivity index (χ4v) is 2.62. The van der Waals surface area contributed by atoms with Crippen molar-refractivity contribution in [3.8, 4) is 0 Å². The van der Waals surface area contributed by atoms with Gasteiger partial charge in [-0.1, -0.05) is 24.3 Å². The molecule has 0 aromatic heterocycles. The van der Waals surface area contributed by atoms with E-state index in [2.05, 4.69) is 12.1 Å². The van der Waals surface area contributed by atoms with Crippen LogP contribution >= 0.6 is 0 Å². The molecule has 0 radical (unpaired) electrons. The third-order valence-corrected chi connectivity index (χ3v) is 3.71. The van der Waals surface area contributed by atoms with Gasteiger partial charge < -0.3 is 10.2 Å². The molecule has 0 atom stereocenters. The molecule has 0 amide bonds. The molecule has 0 bridgehead atoms. The average molecular weight is 220 g/mol. The van der Waals surface area contributed by atoms with Gasteiger partial charge >= 0.3 is 0 Å². The molecule has 1 aliphatic carbocycles. The first-order valence-electron chi connectivity index (χ1n) is 6.14. The van der Waals surface area contributed by atoms with Gasteiger partial charge in [0.1, 0.15) is 0 Å². The largest absolute Gasteiger partial charge is 0.396 e. The molecule has 0 aliphatic heterocycles. The first kappa shape index (κ1) is 11.6. The van der Waals surface area contributed by atoms with Crippen molar-refractivity contribution in [3.05, 3.63) is 35.4 Å². The van der Waals surface area contributed by atoms with E-state index < -0.39 is 0 Å². The normalized spacial score (nSPS) is 25.6. The third kappa shape index (κ3) is 2.63. The molecular weight excluding hydrogens is 200 g/mol. The van der Waals surface area contributed by atoms with Gasteiger partial charge in [0.25, 0.3) is 0 Å². The molecule has 1 aromatic rings. The van der Waals surface area contributed by atoms with Gasteiger partial charge in [-0.05, 0) is 48.6 Å². The number of aliphatic hydroxyl groups is 2. The summed E-state index contributed by atoms with van der Waals surface area (Å²) in [5.41, 5.74) is 2.35. The van der Waals surface area contributed by atoms with Crippen molar-refractivity contribution in [1.29, 1.82) is 0 Å². The summed E-state index contributed by atoms with van der Waals surface area (Å²) in [6.45, 7) is 0.462. The first-order chi connectivity index (χ1) is 7.83. The third-order valence-electron chi connectivity index (χ3n) is 3.71. The van der Waals surface area contributed by atoms with Crippen LogP contribution in [0.3, 0.4) is 0 Å². The van der Waals surface area contributed by atoms with Crippen LogP contribution in [0.25, 0.3) is 0 Å². The van der Waals surface area contributed by atoms with E-state index in [0.717, 1.165) is 18.4 Å². The van der Waals surface area contributed by atoms with Gasteiger partial charge in [0.2, 0.25) is 0 Å². The van der Waals surface area contributed by atoms with Crippen LogP contribution in [0.4, 0.5) is 0 Å². The predicted molar refractivity (Wildman–Crippen MR) is 64.1 cm³/mol. The SMILES string of the molecule is OCc1cccc(C2CCC(CO)CC2)c1. The Morgan fingerprint density at radius 3 is 2.44 bits per heavy atom. The Bertz CT molecular complexity index is 327. The lowest BCUT2D eigenvalue weighted by Crippen LogP contribution is -2.16. The van der Waals surface area contributed by atoms with E-state index in [9.17, 15) is 0 Å². The van der Waals surface area contributed by atoms with Gasteiger partial charge in [-0.3, -0.25) is 0 Å². The second kappa shape index (κ2) is 5.46. The summed E-state index contributed by atoms with van der Waals surface area (Å²) in [4.78, 5) is 0. The molecule has 1 fully saturated rings. The average Bonchev–Trinajstić information content (AvgIpc) is 2.39. The highest BCUT2D eigenvalue weighted by Gasteiger charge is 2.21. The predicted octanol–water partition coefficient (Wildman–Crippen LogP) is 2.45. The van der Waals surface area contributed by atoms with Crippen molar-refractivity contribution in [3.63, 3.8) is 0 Å². The minimum atomic E-state index is 0.125. The molecule has 16 heavy (non-hydrogen) atoms. The maximum absolute atomic E-state index is 9.11. The minimum Gasteiger partial charge on any atom is -0.396 e. The Morgan fingerprint density at radius 1 is 1.06 bits per heavy atom. The van der Waals surface area contributed by atoms with Crippen molar-refractivity contribution in [2.75, 3.05) is 6.61 Å². The highest BCUT2D eigenvalue weighted by molar-refractivity contribution is 5.26. The topological polar surface area (TPSA) is 40.5 Å². The lowest BCUT2D eigenvalue weighted by Gasteiger charge is -2.27. The van der Waals surface area contributed by atoms with Gasteiger partial charge in [-0.2, -0.15) is 0 Å². The Kier molecular flexibility index (Phi) is 3.97. The molecule has 2 heteroatoms. The van der Waals surface area contributed by atoms with Gasteiger partial charge in [0.15, 0.2) is 0 Å². The number of aliphatic hydroxyl groups excluding tert-OH is 2. The summed E-state index contributed by atoms with van der Waals surface area (Å²) in [6, 6.07) is 8.26. The van der Waals surface area contributed by atoms with E-state index in [1.54, 1.807) is 0 Å². The maximum Gasteiger partial charge on any atom is 0.0681 e. The van der Waals surface area contributed by atoms with Crippen LogP contribution in [0.1, 0.15) is 42.7 Å². The second-order valence-corrected chi connectivity index (χ2v) is 4.80. The number of rotatable bonds is 3. The van der Waals surface area contributed by atoms with Crippen LogP contribution in [-0.2, 0) is 6.61 Å². The molecule has 2 rings (SSSR count). The lowest BCUT2D eigenvalue weighted by molar-refractivity contribution is 0.182. The summed E-state index contributed by atoms with van der Waals surface area (Å²) in [6.07, 6.45) is 4.59. The first-order valence-corrected chi connectivity index (χ1v) is 6.14. The quantitative estimate of drug-likeness (QED) is 0.821. The molecule has 1 aliphatic rings. The number of benzene rings is 1. The molecule has 88 valence electrons. The molecule has 0 saturated heterocycles. The van der Waals surface area contributed by atoms with Gasteiger partial charge in [-0.25, -0.2) is 0 Å². The van der Waals surface area contributed by atoms with E-state index >= 15 is 0 Å². The van der Waals surface area contributed by atoms with Crippen LogP contribution < -0.4 is 0 Å². The Morgan fingerprint density at radius 2 is 1.81 bits per heavy atom. The Balaban J connectivity index is 2.02.